The minimum atomic E-state index is -0.0286. The highest BCUT2D eigenvalue weighted by Gasteiger charge is 2.47. The Morgan fingerprint density at radius 1 is 1.15 bits per heavy atom. The number of β-amino-alcohol motifs (C(OH)–C–C–N with tert-alkyl or cyclic N) is 1. The van der Waals surface area contributed by atoms with Crippen LogP contribution in [0, 0.1) is 11.8 Å². The Morgan fingerprint density at radius 3 is 2.85 bits per heavy atom. The van der Waals surface area contributed by atoms with Gasteiger partial charge in [0.1, 0.15) is 0 Å². The number of aliphatic hydroxyl groups excluding tert-OH is 1. The molecule has 4 atom stereocenters. The molecule has 0 spiro atoms. The summed E-state index contributed by atoms with van der Waals surface area (Å²) in [5, 5.41) is 9.49. The molecule has 3 rings (SSSR count). The molecule has 1 aliphatic heterocycles. The molecule has 1 saturated heterocycles. The fourth-order valence-corrected chi connectivity index (χ4v) is 3.40. The van der Waals surface area contributed by atoms with Crippen molar-refractivity contribution in [2.45, 2.75) is 44.2 Å². The molecule has 0 aromatic heterocycles. The minimum absolute atomic E-state index is 0.0286. The summed E-state index contributed by atoms with van der Waals surface area (Å²) in [6, 6.07) is 0.843. The molecule has 2 aliphatic carbocycles. The number of aliphatic hydroxyl groups is 1. The predicted octanol–water partition coefficient (Wildman–Crippen LogP) is 1.24. The Balaban J connectivity index is 1.64. The highest BCUT2D eigenvalue weighted by atomic mass is 16.3. The molecule has 4 unspecified atom stereocenters. The highest BCUT2D eigenvalue weighted by molar-refractivity contribution is 5.00. The first-order valence-electron chi connectivity index (χ1n) is 5.77. The van der Waals surface area contributed by atoms with Crippen molar-refractivity contribution in [3.05, 3.63) is 0 Å². The van der Waals surface area contributed by atoms with Gasteiger partial charge in [0.15, 0.2) is 0 Å². The maximum atomic E-state index is 9.49. The van der Waals surface area contributed by atoms with E-state index in [2.05, 4.69) is 4.90 Å². The Labute approximate surface area is 79.9 Å². The molecule has 2 nitrogen and oxygen atoms in total. The van der Waals surface area contributed by atoms with Gasteiger partial charge in [-0.1, -0.05) is 12.8 Å². The van der Waals surface area contributed by atoms with E-state index in [0.717, 1.165) is 37.4 Å². The zero-order chi connectivity index (χ0) is 8.84. The Bertz CT molecular complexity index is 206. The fraction of sp³-hybridized carbons (Fsp3) is 1.00. The third-order valence-electron chi connectivity index (χ3n) is 4.21. The normalized spacial score (nSPS) is 50.5. The molecular weight excluding hydrogens is 162 g/mol. The van der Waals surface area contributed by atoms with Crippen LogP contribution in [0.25, 0.3) is 0 Å². The zero-order valence-electron chi connectivity index (χ0n) is 8.15. The van der Waals surface area contributed by atoms with E-state index < -0.39 is 0 Å². The fourth-order valence-electron chi connectivity index (χ4n) is 3.40. The quantitative estimate of drug-likeness (QED) is 0.658. The monoisotopic (exact) mass is 181 g/mol. The molecule has 0 radical (unpaired) electrons. The molecule has 0 bridgehead atoms. The Morgan fingerprint density at radius 2 is 2.08 bits per heavy atom. The molecule has 2 saturated carbocycles. The summed E-state index contributed by atoms with van der Waals surface area (Å²) in [6.45, 7) is 2.10. The van der Waals surface area contributed by atoms with Crippen molar-refractivity contribution in [2.24, 2.45) is 11.8 Å². The summed E-state index contributed by atoms with van der Waals surface area (Å²) >= 11 is 0. The van der Waals surface area contributed by atoms with Gasteiger partial charge in [-0.3, -0.25) is 4.90 Å². The van der Waals surface area contributed by atoms with Gasteiger partial charge in [-0.2, -0.15) is 0 Å². The van der Waals surface area contributed by atoms with Crippen LogP contribution in [0.15, 0.2) is 0 Å². The molecule has 3 aliphatic rings. The minimum Gasteiger partial charge on any atom is -0.392 e. The SMILES string of the molecule is OC1CCN(C2CCCC3CC32)C1. The van der Waals surface area contributed by atoms with Crippen LogP contribution >= 0.6 is 0 Å². The molecular formula is C11H19NO. The predicted molar refractivity (Wildman–Crippen MR) is 51.4 cm³/mol. The van der Waals surface area contributed by atoms with Crippen LogP contribution in [-0.4, -0.2) is 35.2 Å². The second-order valence-corrected chi connectivity index (χ2v) is 5.10. The lowest BCUT2D eigenvalue weighted by atomic mass is 9.94. The molecule has 2 heteroatoms. The van der Waals surface area contributed by atoms with Gasteiger partial charge in [0.2, 0.25) is 0 Å². The van der Waals surface area contributed by atoms with E-state index in [1.807, 2.05) is 0 Å². The molecule has 1 heterocycles. The third-order valence-corrected chi connectivity index (χ3v) is 4.21. The second kappa shape index (κ2) is 2.96. The van der Waals surface area contributed by atoms with Crippen LogP contribution in [0.5, 0.6) is 0 Å². The van der Waals surface area contributed by atoms with Crippen molar-refractivity contribution in [1.29, 1.82) is 0 Å². The van der Waals surface area contributed by atoms with Gasteiger partial charge in [-0.05, 0) is 31.1 Å². The van der Waals surface area contributed by atoms with E-state index in [-0.39, 0.29) is 6.10 Å². The molecule has 1 N–H and O–H groups in total. The summed E-state index contributed by atoms with van der Waals surface area (Å²) in [6.07, 6.45) is 6.77. The van der Waals surface area contributed by atoms with Gasteiger partial charge in [-0.25, -0.2) is 0 Å². The van der Waals surface area contributed by atoms with Crippen molar-refractivity contribution in [3.8, 4) is 0 Å². The van der Waals surface area contributed by atoms with Crippen LogP contribution in [-0.2, 0) is 0 Å². The third kappa shape index (κ3) is 1.40. The smallest absolute Gasteiger partial charge is 0.0679 e. The van der Waals surface area contributed by atoms with Crippen molar-refractivity contribution in [2.75, 3.05) is 13.1 Å². The number of fused-ring (bicyclic) bond motifs is 1. The first-order chi connectivity index (χ1) is 6.34. The standard InChI is InChI=1S/C11H19NO/c13-9-4-5-12(7-9)11-3-1-2-8-6-10(8)11/h8-11,13H,1-7H2. The van der Waals surface area contributed by atoms with Crippen LogP contribution in [0.2, 0.25) is 0 Å². The molecule has 0 aromatic carbocycles. The largest absolute Gasteiger partial charge is 0.392 e. The average molecular weight is 181 g/mol. The van der Waals surface area contributed by atoms with Gasteiger partial charge in [0.25, 0.3) is 0 Å². The van der Waals surface area contributed by atoms with Crippen molar-refractivity contribution in [3.63, 3.8) is 0 Å². The topological polar surface area (TPSA) is 23.5 Å². The van der Waals surface area contributed by atoms with Gasteiger partial charge in [0.05, 0.1) is 6.10 Å². The van der Waals surface area contributed by atoms with Gasteiger partial charge in [0, 0.05) is 19.1 Å². The van der Waals surface area contributed by atoms with Crippen LogP contribution in [0.3, 0.4) is 0 Å². The number of likely N-dealkylation sites (tertiary alicyclic amines) is 1. The average Bonchev–Trinajstić information content (AvgIpc) is 2.81. The van der Waals surface area contributed by atoms with Gasteiger partial charge in [-0.15, -0.1) is 0 Å². The molecule has 13 heavy (non-hydrogen) atoms. The van der Waals surface area contributed by atoms with Gasteiger partial charge < -0.3 is 5.11 Å². The summed E-state index contributed by atoms with van der Waals surface area (Å²) < 4.78 is 0. The summed E-state index contributed by atoms with van der Waals surface area (Å²) in [7, 11) is 0. The van der Waals surface area contributed by atoms with E-state index in [0.29, 0.717) is 0 Å². The molecule has 3 fully saturated rings. The van der Waals surface area contributed by atoms with E-state index in [1.54, 1.807) is 0 Å². The number of hydrogen-bond donors (Lipinski definition) is 1. The summed E-state index contributed by atoms with van der Waals surface area (Å²) in [5.41, 5.74) is 0. The second-order valence-electron chi connectivity index (χ2n) is 5.10. The lowest BCUT2D eigenvalue weighted by Gasteiger charge is -2.30. The Hall–Kier alpha value is -0.0800. The number of rotatable bonds is 1. The van der Waals surface area contributed by atoms with E-state index in [9.17, 15) is 5.11 Å². The lowest BCUT2D eigenvalue weighted by Crippen LogP contribution is -2.37. The van der Waals surface area contributed by atoms with E-state index in [1.165, 1.54) is 25.7 Å². The first kappa shape index (κ1) is 8.25. The van der Waals surface area contributed by atoms with E-state index in [4.69, 9.17) is 0 Å². The number of hydrogen-bond acceptors (Lipinski definition) is 2. The maximum absolute atomic E-state index is 9.49. The van der Waals surface area contributed by atoms with E-state index >= 15 is 0 Å². The van der Waals surface area contributed by atoms with Crippen LogP contribution in [0.1, 0.15) is 32.1 Å². The van der Waals surface area contributed by atoms with Crippen LogP contribution < -0.4 is 0 Å². The lowest BCUT2D eigenvalue weighted by molar-refractivity contribution is 0.135. The summed E-state index contributed by atoms with van der Waals surface area (Å²) in [5.74, 6) is 2.08. The molecule has 74 valence electrons. The van der Waals surface area contributed by atoms with Crippen molar-refractivity contribution >= 4 is 0 Å². The van der Waals surface area contributed by atoms with Gasteiger partial charge >= 0.3 is 0 Å². The molecule has 0 amide bonds. The maximum Gasteiger partial charge on any atom is 0.0679 e. The number of nitrogens with zero attached hydrogens (tertiary/aromatic N) is 1. The van der Waals surface area contributed by atoms with Crippen molar-refractivity contribution < 1.29 is 5.11 Å². The Kier molecular flexibility index (Phi) is 1.88. The highest BCUT2D eigenvalue weighted by Crippen LogP contribution is 2.51. The first-order valence-corrected chi connectivity index (χ1v) is 5.77. The van der Waals surface area contributed by atoms with Crippen molar-refractivity contribution in [1.82, 2.24) is 4.90 Å². The van der Waals surface area contributed by atoms with Crippen LogP contribution in [0.4, 0.5) is 0 Å². The summed E-state index contributed by atoms with van der Waals surface area (Å²) in [4.78, 5) is 2.55. The molecule has 0 aromatic rings. The zero-order valence-corrected chi connectivity index (χ0v) is 8.15.